The van der Waals surface area contributed by atoms with Gasteiger partial charge in [0.1, 0.15) is 23.6 Å². The summed E-state index contributed by atoms with van der Waals surface area (Å²) in [7, 11) is -3.74. The number of aromatic nitrogens is 2. The fourth-order valence-corrected chi connectivity index (χ4v) is 3.06. The second-order valence-corrected chi connectivity index (χ2v) is 6.79. The maximum Gasteiger partial charge on any atom is 0.251 e. The summed E-state index contributed by atoms with van der Waals surface area (Å²) >= 11 is 0. The number of carbonyl (C=O) groups is 1. The largest absolute Gasteiger partial charge is 0.298 e. The molecule has 0 saturated heterocycles. The zero-order chi connectivity index (χ0) is 16.8. The summed E-state index contributed by atoms with van der Waals surface area (Å²) in [6.07, 6.45) is 1.54. The van der Waals surface area contributed by atoms with E-state index in [-0.39, 0.29) is 27.7 Å². The average molecular weight is 336 g/mol. The summed E-state index contributed by atoms with van der Waals surface area (Å²) < 4.78 is 51.6. The Labute approximate surface area is 130 Å². The van der Waals surface area contributed by atoms with Crippen LogP contribution in [0.15, 0.2) is 36.4 Å². The van der Waals surface area contributed by atoms with Gasteiger partial charge in [-0.25, -0.2) is 17.2 Å². The standard InChI is InChI=1S/C15H10F2N2O3S/c1-23(21,22)19-14-5-2-9(8-20)6-12(14)15(18-19)11-4-3-10(16)7-13(11)17/h2-8H,1H3. The van der Waals surface area contributed by atoms with E-state index in [0.29, 0.717) is 12.4 Å². The summed E-state index contributed by atoms with van der Waals surface area (Å²) in [5.41, 5.74) is 0.458. The molecule has 0 N–H and O–H groups in total. The van der Waals surface area contributed by atoms with E-state index >= 15 is 0 Å². The van der Waals surface area contributed by atoms with Crippen molar-refractivity contribution in [1.82, 2.24) is 9.19 Å². The highest BCUT2D eigenvalue weighted by Crippen LogP contribution is 2.31. The number of fused-ring (bicyclic) bond motifs is 1. The molecule has 8 heteroatoms. The second-order valence-electron chi connectivity index (χ2n) is 4.97. The smallest absolute Gasteiger partial charge is 0.251 e. The van der Waals surface area contributed by atoms with E-state index in [0.717, 1.165) is 16.4 Å². The lowest BCUT2D eigenvalue weighted by molar-refractivity contribution is 0.112. The van der Waals surface area contributed by atoms with Crippen molar-refractivity contribution < 1.29 is 22.0 Å². The minimum atomic E-state index is -3.74. The first-order valence-corrected chi connectivity index (χ1v) is 8.30. The summed E-state index contributed by atoms with van der Waals surface area (Å²) in [4.78, 5) is 10.9. The Kier molecular flexibility index (Phi) is 3.48. The van der Waals surface area contributed by atoms with Crippen molar-refractivity contribution in [3.8, 4) is 11.3 Å². The molecule has 0 bridgehead atoms. The van der Waals surface area contributed by atoms with E-state index < -0.39 is 21.7 Å². The normalized spacial score (nSPS) is 11.8. The number of hydrogen-bond acceptors (Lipinski definition) is 4. The molecule has 0 unspecified atom stereocenters. The molecule has 1 heterocycles. The number of hydrogen-bond donors (Lipinski definition) is 0. The summed E-state index contributed by atoms with van der Waals surface area (Å²) in [5.74, 6) is -1.63. The van der Waals surface area contributed by atoms with Crippen LogP contribution in [0, 0.1) is 11.6 Å². The highest BCUT2D eigenvalue weighted by molar-refractivity contribution is 7.89. The molecule has 118 valence electrons. The predicted molar refractivity (Wildman–Crippen MR) is 80.7 cm³/mol. The predicted octanol–water partition coefficient (Wildman–Crippen LogP) is 2.60. The van der Waals surface area contributed by atoms with E-state index in [1.807, 2.05) is 0 Å². The molecule has 0 aliphatic carbocycles. The number of halogens is 2. The maximum absolute atomic E-state index is 14.0. The third-order valence-electron chi connectivity index (χ3n) is 3.31. The van der Waals surface area contributed by atoms with E-state index in [9.17, 15) is 22.0 Å². The quantitative estimate of drug-likeness (QED) is 0.690. The molecule has 0 fully saturated rings. The topological polar surface area (TPSA) is 69.0 Å². The molecule has 0 aliphatic rings. The van der Waals surface area contributed by atoms with Crippen molar-refractivity contribution in [2.75, 3.05) is 6.26 Å². The molecule has 0 saturated carbocycles. The summed E-state index contributed by atoms with van der Waals surface area (Å²) in [6, 6.07) is 7.17. The Morgan fingerprint density at radius 1 is 1.13 bits per heavy atom. The van der Waals surface area contributed by atoms with Gasteiger partial charge in [-0.15, -0.1) is 0 Å². The number of rotatable bonds is 3. The van der Waals surface area contributed by atoms with Crippen LogP contribution in [-0.2, 0) is 10.0 Å². The zero-order valence-electron chi connectivity index (χ0n) is 11.8. The molecule has 3 rings (SSSR count). The van der Waals surface area contributed by atoms with Crippen molar-refractivity contribution >= 4 is 27.2 Å². The van der Waals surface area contributed by atoms with Crippen LogP contribution in [0.1, 0.15) is 10.4 Å². The monoisotopic (exact) mass is 336 g/mol. The van der Waals surface area contributed by atoms with Gasteiger partial charge in [0.25, 0.3) is 10.0 Å². The molecule has 2 aromatic carbocycles. The van der Waals surface area contributed by atoms with Gasteiger partial charge in [0, 0.05) is 22.6 Å². The van der Waals surface area contributed by atoms with E-state index in [1.54, 1.807) is 0 Å². The minimum absolute atomic E-state index is 0.0200. The lowest BCUT2D eigenvalue weighted by Gasteiger charge is -2.00. The Balaban J connectivity index is 2.42. The lowest BCUT2D eigenvalue weighted by Crippen LogP contribution is -2.11. The molecule has 0 radical (unpaired) electrons. The highest BCUT2D eigenvalue weighted by Gasteiger charge is 2.20. The molecular weight excluding hydrogens is 326 g/mol. The molecule has 0 aliphatic heterocycles. The van der Waals surface area contributed by atoms with Crippen LogP contribution in [0.4, 0.5) is 8.78 Å². The van der Waals surface area contributed by atoms with Crippen LogP contribution in [0.25, 0.3) is 22.2 Å². The van der Waals surface area contributed by atoms with Gasteiger partial charge in [-0.1, -0.05) is 0 Å². The Hall–Kier alpha value is -2.61. The van der Waals surface area contributed by atoms with Crippen molar-refractivity contribution in [2.45, 2.75) is 0 Å². The van der Waals surface area contributed by atoms with Crippen LogP contribution >= 0.6 is 0 Å². The molecular formula is C15H10F2N2O3S. The highest BCUT2D eigenvalue weighted by atomic mass is 32.2. The minimum Gasteiger partial charge on any atom is -0.298 e. The average Bonchev–Trinajstić information content (AvgIpc) is 2.86. The lowest BCUT2D eigenvalue weighted by atomic mass is 10.1. The van der Waals surface area contributed by atoms with Gasteiger partial charge in [-0.2, -0.15) is 9.19 Å². The van der Waals surface area contributed by atoms with Crippen molar-refractivity contribution in [3.05, 3.63) is 53.6 Å². The molecule has 0 spiro atoms. The molecule has 0 atom stereocenters. The molecule has 3 aromatic rings. The Morgan fingerprint density at radius 3 is 2.48 bits per heavy atom. The van der Waals surface area contributed by atoms with Gasteiger partial charge in [-0.05, 0) is 30.3 Å². The second kappa shape index (κ2) is 5.24. The van der Waals surface area contributed by atoms with E-state index in [2.05, 4.69) is 5.10 Å². The van der Waals surface area contributed by atoms with Crippen molar-refractivity contribution in [2.24, 2.45) is 0 Å². The van der Waals surface area contributed by atoms with Gasteiger partial charge in [0.15, 0.2) is 0 Å². The van der Waals surface area contributed by atoms with Gasteiger partial charge >= 0.3 is 0 Å². The van der Waals surface area contributed by atoms with Crippen molar-refractivity contribution in [3.63, 3.8) is 0 Å². The van der Waals surface area contributed by atoms with Gasteiger partial charge in [-0.3, -0.25) is 4.79 Å². The summed E-state index contributed by atoms with van der Waals surface area (Å²) in [6.45, 7) is 0. The maximum atomic E-state index is 14.0. The molecule has 0 amide bonds. The van der Waals surface area contributed by atoms with Gasteiger partial charge in [0.05, 0.1) is 11.8 Å². The summed E-state index contributed by atoms with van der Waals surface area (Å²) in [5, 5.41) is 4.23. The fourth-order valence-electron chi connectivity index (χ4n) is 2.32. The zero-order valence-corrected chi connectivity index (χ0v) is 12.6. The first kappa shape index (κ1) is 15.3. The third kappa shape index (κ3) is 2.61. The Bertz CT molecular complexity index is 1040. The van der Waals surface area contributed by atoms with Crippen LogP contribution in [0.2, 0.25) is 0 Å². The third-order valence-corrected chi connectivity index (χ3v) is 4.22. The SMILES string of the molecule is CS(=O)(=O)n1nc(-c2ccc(F)cc2F)c2cc(C=O)ccc21. The van der Waals surface area contributed by atoms with E-state index in [4.69, 9.17) is 0 Å². The number of aldehydes is 1. The van der Waals surface area contributed by atoms with Crippen LogP contribution in [-0.4, -0.2) is 30.1 Å². The molecule has 5 nitrogen and oxygen atoms in total. The van der Waals surface area contributed by atoms with Crippen LogP contribution < -0.4 is 0 Å². The van der Waals surface area contributed by atoms with E-state index in [1.165, 1.54) is 24.3 Å². The molecule has 23 heavy (non-hydrogen) atoms. The van der Waals surface area contributed by atoms with Crippen LogP contribution in [0.5, 0.6) is 0 Å². The first-order valence-electron chi connectivity index (χ1n) is 6.45. The number of benzene rings is 2. The molecule has 1 aromatic heterocycles. The van der Waals surface area contributed by atoms with Gasteiger partial charge < -0.3 is 0 Å². The van der Waals surface area contributed by atoms with Crippen LogP contribution in [0.3, 0.4) is 0 Å². The number of carbonyl (C=O) groups excluding carboxylic acids is 1. The Morgan fingerprint density at radius 2 is 1.87 bits per heavy atom. The van der Waals surface area contributed by atoms with Gasteiger partial charge in [0.2, 0.25) is 0 Å². The van der Waals surface area contributed by atoms with Crippen molar-refractivity contribution in [1.29, 1.82) is 0 Å². The fraction of sp³-hybridized carbons (Fsp3) is 0.0667. The first-order chi connectivity index (χ1) is 10.8. The number of nitrogens with zero attached hydrogens (tertiary/aromatic N) is 2.